The van der Waals surface area contributed by atoms with Gasteiger partial charge in [0.15, 0.2) is 0 Å². The van der Waals surface area contributed by atoms with Gasteiger partial charge in [-0.2, -0.15) is 5.10 Å². The molecule has 0 bridgehead atoms. The van der Waals surface area contributed by atoms with E-state index in [4.69, 9.17) is 23.2 Å². The molecule has 0 aliphatic rings. The van der Waals surface area contributed by atoms with Crippen LogP contribution in [0.3, 0.4) is 0 Å². The van der Waals surface area contributed by atoms with Gasteiger partial charge in [-0.25, -0.2) is 13.8 Å². The average Bonchev–Trinajstić information content (AvgIpc) is 2.62. The molecule has 2 amide bonds. The Balaban J connectivity index is 2.16. The number of anilines is 2. The molecule has 160 valence electrons. The molecule has 0 fully saturated rings. The second-order valence-corrected chi connectivity index (χ2v) is 9.17. The molecular weight excluding hydrogens is 451 g/mol. The number of carbonyl (C=O) groups excluding carboxylic acids is 2. The van der Waals surface area contributed by atoms with Crippen LogP contribution in [0.2, 0.25) is 10.0 Å². The maximum absolute atomic E-state index is 12.3. The summed E-state index contributed by atoms with van der Waals surface area (Å²) in [6.07, 6.45) is 0.969. The van der Waals surface area contributed by atoms with E-state index in [2.05, 4.69) is 15.8 Å². The van der Waals surface area contributed by atoms with Crippen LogP contribution in [0.4, 0.5) is 11.4 Å². The lowest BCUT2D eigenvalue weighted by Gasteiger charge is -2.21. The minimum Gasteiger partial charge on any atom is -0.326 e. The van der Waals surface area contributed by atoms with Crippen molar-refractivity contribution < 1.29 is 18.0 Å². The Bertz CT molecular complexity index is 1080. The predicted octanol–water partition coefficient (Wildman–Crippen LogP) is 3.26. The second kappa shape index (κ2) is 9.92. The number of sulfonamides is 1. The molecule has 0 aromatic heterocycles. The highest BCUT2D eigenvalue weighted by Gasteiger charge is 2.21. The number of hydrazone groups is 1. The van der Waals surface area contributed by atoms with Crippen molar-refractivity contribution in [2.24, 2.45) is 5.10 Å². The Labute approximate surface area is 184 Å². The lowest BCUT2D eigenvalue weighted by atomic mass is 10.1. The summed E-state index contributed by atoms with van der Waals surface area (Å²) in [6.45, 7) is 2.55. The predicted molar refractivity (Wildman–Crippen MR) is 120 cm³/mol. The number of hydrogen-bond donors (Lipinski definition) is 2. The first-order chi connectivity index (χ1) is 14.0. The number of nitrogens with one attached hydrogen (secondary N) is 2. The molecule has 8 nitrogen and oxygen atoms in total. The molecular formula is C19H20Cl2N4O4S. The first-order valence-electron chi connectivity index (χ1n) is 8.60. The maximum Gasteiger partial charge on any atom is 0.260 e. The number of amides is 2. The van der Waals surface area contributed by atoms with E-state index in [1.807, 2.05) is 0 Å². The van der Waals surface area contributed by atoms with E-state index in [0.29, 0.717) is 17.0 Å². The topological polar surface area (TPSA) is 108 Å². The number of hydrogen-bond acceptors (Lipinski definition) is 5. The maximum atomic E-state index is 12.3. The summed E-state index contributed by atoms with van der Waals surface area (Å²) in [5, 5.41) is 7.14. The molecule has 0 atom stereocenters. The van der Waals surface area contributed by atoms with Gasteiger partial charge in [0, 0.05) is 22.7 Å². The van der Waals surface area contributed by atoms with Crippen molar-refractivity contribution in [3.8, 4) is 0 Å². The second-order valence-electron chi connectivity index (χ2n) is 6.39. The van der Waals surface area contributed by atoms with Crippen molar-refractivity contribution in [1.82, 2.24) is 5.43 Å². The zero-order chi connectivity index (χ0) is 22.5. The lowest BCUT2D eigenvalue weighted by Crippen LogP contribution is -2.39. The molecule has 2 N–H and O–H groups in total. The van der Waals surface area contributed by atoms with Gasteiger partial charge >= 0.3 is 0 Å². The van der Waals surface area contributed by atoms with Gasteiger partial charge in [-0.1, -0.05) is 35.3 Å². The van der Waals surface area contributed by atoms with Crippen LogP contribution < -0.4 is 15.0 Å². The number of carbonyl (C=O) groups is 2. The van der Waals surface area contributed by atoms with Gasteiger partial charge in [0.1, 0.15) is 6.54 Å². The summed E-state index contributed by atoms with van der Waals surface area (Å²) in [7, 11) is -3.79. The van der Waals surface area contributed by atoms with Crippen molar-refractivity contribution in [3.63, 3.8) is 0 Å². The minimum atomic E-state index is -3.79. The first-order valence-corrected chi connectivity index (χ1v) is 11.2. The van der Waals surface area contributed by atoms with Crippen LogP contribution in [0.15, 0.2) is 47.6 Å². The largest absolute Gasteiger partial charge is 0.326 e. The van der Waals surface area contributed by atoms with Crippen LogP contribution in [0.25, 0.3) is 0 Å². The highest BCUT2D eigenvalue weighted by Crippen LogP contribution is 2.26. The fourth-order valence-corrected chi connectivity index (χ4v) is 3.84. The van der Waals surface area contributed by atoms with E-state index in [9.17, 15) is 18.0 Å². The first kappa shape index (κ1) is 23.7. The monoisotopic (exact) mass is 470 g/mol. The third-order valence-electron chi connectivity index (χ3n) is 3.77. The van der Waals surface area contributed by atoms with Crippen molar-refractivity contribution in [1.29, 1.82) is 0 Å². The molecule has 0 unspecified atom stereocenters. The molecule has 2 rings (SSSR count). The van der Waals surface area contributed by atoms with Crippen molar-refractivity contribution >= 4 is 62.1 Å². The van der Waals surface area contributed by atoms with Crippen LogP contribution in [0.5, 0.6) is 0 Å². The summed E-state index contributed by atoms with van der Waals surface area (Å²) in [6, 6.07) is 11.1. The standard InChI is InChI=1S/C19H20Cl2N4O4S/c1-12(14-5-4-6-17(7-14)22-13(2)26)23-24-19(27)11-25(30(3,28)29)18-9-15(20)8-16(21)10-18/h4-10H,11H2,1-3H3,(H,22,26)(H,24,27). The van der Waals surface area contributed by atoms with Crippen LogP contribution in [-0.2, 0) is 19.6 Å². The molecule has 2 aromatic carbocycles. The Morgan fingerprint density at radius 2 is 1.70 bits per heavy atom. The van der Waals surface area contributed by atoms with Crippen LogP contribution in [-0.4, -0.2) is 38.7 Å². The normalized spacial score (nSPS) is 11.7. The number of rotatable bonds is 7. The van der Waals surface area contributed by atoms with E-state index in [-0.39, 0.29) is 21.6 Å². The van der Waals surface area contributed by atoms with E-state index < -0.39 is 22.5 Å². The van der Waals surface area contributed by atoms with Gasteiger partial charge in [-0.05, 0) is 42.8 Å². The van der Waals surface area contributed by atoms with Gasteiger partial charge < -0.3 is 5.32 Å². The van der Waals surface area contributed by atoms with Crippen molar-refractivity contribution in [3.05, 3.63) is 58.1 Å². The highest BCUT2D eigenvalue weighted by molar-refractivity contribution is 7.92. The number of nitrogens with zero attached hydrogens (tertiary/aromatic N) is 2. The molecule has 11 heteroatoms. The molecule has 0 aliphatic heterocycles. The van der Waals surface area contributed by atoms with E-state index in [1.54, 1.807) is 31.2 Å². The van der Waals surface area contributed by atoms with Gasteiger partial charge in [-0.15, -0.1) is 0 Å². The zero-order valence-electron chi connectivity index (χ0n) is 16.4. The fourth-order valence-electron chi connectivity index (χ4n) is 2.49. The molecule has 0 heterocycles. The summed E-state index contributed by atoms with van der Waals surface area (Å²) >= 11 is 11.9. The van der Waals surface area contributed by atoms with Crippen LogP contribution in [0, 0.1) is 0 Å². The molecule has 0 saturated carbocycles. The Morgan fingerprint density at radius 3 is 2.27 bits per heavy atom. The molecule has 2 aromatic rings. The molecule has 0 radical (unpaired) electrons. The van der Waals surface area contributed by atoms with Crippen LogP contribution >= 0.6 is 23.2 Å². The molecule has 0 spiro atoms. The van der Waals surface area contributed by atoms with Gasteiger partial charge in [-0.3, -0.25) is 13.9 Å². The molecule has 0 aliphatic carbocycles. The van der Waals surface area contributed by atoms with Gasteiger partial charge in [0.2, 0.25) is 15.9 Å². The van der Waals surface area contributed by atoms with Crippen molar-refractivity contribution in [2.75, 3.05) is 22.4 Å². The summed E-state index contributed by atoms with van der Waals surface area (Å²) in [5.74, 6) is -0.870. The van der Waals surface area contributed by atoms with E-state index in [0.717, 1.165) is 10.6 Å². The van der Waals surface area contributed by atoms with Gasteiger partial charge in [0.25, 0.3) is 5.91 Å². The summed E-state index contributed by atoms with van der Waals surface area (Å²) < 4.78 is 25.2. The van der Waals surface area contributed by atoms with E-state index >= 15 is 0 Å². The number of benzene rings is 2. The smallest absolute Gasteiger partial charge is 0.260 e. The highest BCUT2D eigenvalue weighted by atomic mass is 35.5. The SMILES string of the molecule is CC(=O)Nc1cccc(C(C)=NNC(=O)CN(c2cc(Cl)cc(Cl)c2)S(C)(=O)=O)c1. The summed E-state index contributed by atoms with van der Waals surface area (Å²) in [5.41, 5.74) is 4.21. The quantitative estimate of drug-likeness (QED) is 0.477. The van der Waals surface area contributed by atoms with Crippen molar-refractivity contribution in [2.45, 2.75) is 13.8 Å². The van der Waals surface area contributed by atoms with E-state index in [1.165, 1.54) is 25.1 Å². The lowest BCUT2D eigenvalue weighted by molar-refractivity contribution is -0.119. The van der Waals surface area contributed by atoms with Crippen LogP contribution in [0.1, 0.15) is 19.4 Å². The zero-order valence-corrected chi connectivity index (χ0v) is 18.8. The minimum absolute atomic E-state index is 0.161. The Kier molecular flexibility index (Phi) is 7.83. The molecule has 30 heavy (non-hydrogen) atoms. The molecule has 0 saturated heterocycles. The number of halogens is 2. The third-order valence-corrected chi connectivity index (χ3v) is 5.35. The Morgan fingerprint density at radius 1 is 1.07 bits per heavy atom. The fraction of sp³-hybridized carbons (Fsp3) is 0.211. The Hall–Kier alpha value is -2.62. The summed E-state index contributed by atoms with van der Waals surface area (Å²) in [4.78, 5) is 23.5. The average molecular weight is 471 g/mol. The van der Waals surface area contributed by atoms with Gasteiger partial charge in [0.05, 0.1) is 17.7 Å². The third kappa shape index (κ3) is 7.01.